The van der Waals surface area contributed by atoms with Crippen molar-refractivity contribution in [2.45, 2.75) is 64.0 Å². The Morgan fingerprint density at radius 2 is 1.94 bits per heavy atom. The molecule has 0 spiro atoms. The molecule has 0 aromatic carbocycles. The van der Waals surface area contributed by atoms with Crippen LogP contribution in [0, 0.1) is 10.8 Å². The molecule has 0 aromatic rings. The van der Waals surface area contributed by atoms with Crippen molar-refractivity contribution in [3.05, 3.63) is 0 Å². The second kappa shape index (κ2) is 6.53. The summed E-state index contributed by atoms with van der Waals surface area (Å²) in [6.07, 6.45) is 9.27. The molecule has 1 fully saturated rings. The third-order valence-corrected chi connectivity index (χ3v) is 5.05. The van der Waals surface area contributed by atoms with E-state index in [2.05, 4.69) is 25.6 Å². The number of unbranched alkanes of at least 4 members (excludes halogenated alkanes) is 1. The predicted molar refractivity (Wildman–Crippen MR) is 74.3 cm³/mol. The van der Waals surface area contributed by atoms with Crippen LogP contribution in [0.3, 0.4) is 0 Å². The average molecular weight is 242 g/mol. The van der Waals surface area contributed by atoms with E-state index in [0.717, 1.165) is 11.7 Å². The van der Waals surface area contributed by atoms with E-state index >= 15 is 0 Å². The van der Waals surface area contributed by atoms with E-state index in [9.17, 15) is 0 Å². The summed E-state index contributed by atoms with van der Waals surface area (Å²) < 4.78 is 0. The average Bonchev–Trinajstić information content (AvgIpc) is 2.69. The van der Waals surface area contributed by atoms with Gasteiger partial charge in [0.15, 0.2) is 0 Å². The summed E-state index contributed by atoms with van der Waals surface area (Å²) in [5, 5.41) is 8.43. The molecule has 1 rings (SSSR count). The quantitative estimate of drug-likeness (QED) is 0.405. The number of rotatable bonds is 7. The first-order valence-corrected chi connectivity index (χ1v) is 7.53. The minimum absolute atomic E-state index is 0.0992. The predicted octanol–water partition coefficient (Wildman–Crippen LogP) is 3.79. The highest BCUT2D eigenvalue weighted by Gasteiger charge is 2.20. The van der Waals surface area contributed by atoms with Crippen molar-refractivity contribution in [3.63, 3.8) is 0 Å². The zero-order valence-corrected chi connectivity index (χ0v) is 11.5. The van der Waals surface area contributed by atoms with Crippen molar-refractivity contribution in [2.24, 2.45) is 11.1 Å². The Hall–Kier alpha value is -0.180. The second-order valence-electron chi connectivity index (χ2n) is 5.53. The minimum atomic E-state index is -0.0992. The molecule has 0 aromatic heterocycles. The topological polar surface area (TPSA) is 49.9 Å². The van der Waals surface area contributed by atoms with Crippen LogP contribution in [-0.4, -0.2) is 16.8 Å². The van der Waals surface area contributed by atoms with Crippen LogP contribution in [0.15, 0.2) is 0 Å². The van der Waals surface area contributed by atoms with E-state index in [1.54, 1.807) is 0 Å². The summed E-state index contributed by atoms with van der Waals surface area (Å²) in [6.45, 7) is 4.14. The van der Waals surface area contributed by atoms with Crippen LogP contribution in [0.4, 0.5) is 0 Å². The molecule has 0 atom stereocenters. The van der Waals surface area contributed by atoms with Gasteiger partial charge in [0.05, 0.1) is 5.84 Å². The third-order valence-electron chi connectivity index (χ3n) is 3.58. The van der Waals surface area contributed by atoms with E-state index in [1.807, 2.05) is 0 Å². The lowest BCUT2D eigenvalue weighted by Crippen LogP contribution is -2.30. The molecular formula is C13H26N2S. The molecule has 0 saturated heterocycles. The zero-order chi connectivity index (χ0) is 12.0. The van der Waals surface area contributed by atoms with Crippen molar-refractivity contribution in [2.75, 3.05) is 5.75 Å². The Labute approximate surface area is 104 Å². The molecular weight excluding hydrogens is 216 g/mol. The molecule has 0 amide bonds. The third kappa shape index (κ3) is 4.77. The van der Waals surface area contributed by atoms with Gasteiger partial charge in [-0.2, -0.15) is 11.8 Å². The first-order chi connectivity index (χ1) is 7.52. The standard InChI is InChI=1S/C13H26N2S/c1-13(2,12(14)15)9-5-6-10-16-11-7-3-4-8-11/h11H,3-10H2,1-2H3,(H3,14,15). The molecule has 1 aliphatic carbocycles. The van der Waals surface area contributed by atoms with Crippen LogP contribution in [0.25, 0.3) is 0 Å². The summed E-state index contributed by atoms with van der Waals surface area (Å²) in [5.74, 6) is 1.62. The monoisotopic (exact) mass is 242 g/mol. The van der Waals surface area contributed by atoms with Crippen molar-refractivity contribution in [1.29, 1.82) is 5.41 Å². The van der Waals surface area contributed by atoms with Crippen LogP contribution in [-0.2, 0) is 0 Å². The van der Waals surface area contributed by atoms with E-state index in [-0.39, 0.29) is 5.41 Å². The van der Waals surface area contributed by atoms with E-state index in [1.165, 1.54) is 44.3 Å². The lowest BCUT2D eigenvalue weighted by Gasteiger charge is -2.22. The zero-order valence-electron chi connectivity index (χ0n) is 10.7. The van der Waals surface area contributed by atoms with Crippen LogP contribution in [0.2, 0.25) is 0 Å². The molecule has 2 nitrogen and oxygen atoms in total. The van der Waals surface area contributed by atoms with Crippen molar-refractivity contribution < 1.29 is 0 Å². The molecule has 0 aliphatic heterocycles. The Balaban J connectivity index is 2.01. The van der Waals surface area contributed by atoms with Crippen LogP contribution < -0.4 is 5.73 Å². The smallest absolute Gasteiger partial charge is 0.0963 e. The molecule has 0 radical (unpaired) electrons. The number of thioether (sulfide) groups is 1. The summed E-state index contributed by atoms with van der Waals surface area (Å²) >= 11 is 2.16. The molecule has 94 valence electrons. The summed E-state index contributed by atoms with van der Waals surface area (Å²) in [5.41, 5.74) is 5.46. The molecule has 1 aliphatic rings. The highest BCUT2D eigenvalue weighted by molar-refractivity contribution is 7.99. The fraction of sp³-hybridized carbons (Fsp3) is 0.923. The number of amidine groups is 1. The Morgan fingerprint density at radius 1 is 1.31 bits per heavy atom. The van der Waals surface area contributed by atoms with Crippen LogP contribution in [0.5, 0.6) is 0 Å². The molecule has 1 saturated carbocycles. The highest BCUT2D eigenvalue weighted by atomic mass is 32.2. The van der Waals surface area contributed by atoms with Gasteiger partial charge in [-0.05, 0) is 31.4 Å². The van der Waals surface area contributed by atoms with Crippen molar-refractivity contribution >= 4 is 17.6 Å². The molecule has 3 heteroatoms. The van der Waals surface area contributed by atoms with E-state index in [0.29, 0.717) is 5.84 Å². The highest BCUT2D eigenvalue weighted by Crippen LogP contribution is 2.30. The maximum atomic E-state index is 7.49. The lowest BCUT2D eigenvalue weighted by molar-refractivity contribution is 0.448. The molecule has 16 heavy (non-hydrogen) atoms. The fourth-order valence-corrected chi connectivity index (χ4v) is 3.48. The summed E-state index contributed by atoms with van der Waals surface area (Å²) in [7, 11) is 0. The number of hydrogen-bond donors (Lipinski definition) is 2. The van der Waals surface area contributed by atoms with Crippen molar-refractivity contribution in [1.82, 2.24) is 0 Å². The first kappa shape index (κ1) is 13.9. The van der Waals surface area contributed by atoms with Crippen LogP contribution >= 0.6 is 11.8 Å². The minimum Gasteiger partial charge on any atom is -0.387 e. The SMILES string of the molecule is CC(C)(CCCCSC1CCCC1)C(=N)N. The normalized spacial score (nSPS) is 17.9. The Kier molecular flexibility index (Phi) is 5.67. The molecule has 0 heterocycles. The van der Waals surface area contributed by atoms with Crippen molar-refractivity contribution in [3.8, 4) is 0 Å². The number of nitrogens with two attached hydrogens (primary N) is 1. The number of nitrogens with one attached hydrogen (secondary N) is 1. The maximum absolute atomic E-state index is 7.49. The Morgan fingerprint density at radius 3 is 2.50 bits per heavy atom. The van der Waals surface area contributed by atoms with Gasteiger partial charge in [0.2, 0.25) is 0 Å². The van der Waals surface area contributed by atoms with Gasteiger partial charge in [0, 0.05) is 10.7 Å². The maximum Gasteiger partial charge on any atom is 0.0963 e. The van der Waals surface area contributed by atoms with Gasteiger partial charge in [-0.3, -0.25) is 5.41 Å². The Bertz CT molecular complexity index is 220. The van der Waals surface area contributed by atoms with Gasteiger partial charge < -0.3 is 5.73 Å². The fourth-order valence-electron chi connectivity index (χ4n) is 2.11. The van der Waals surface area contributed by atoms with Gasteiger partial charge in [-0.15, -0.1) is 0 Å². The summed E-state index contributed by atoms with van der Waals surface area (Å²) in [6, 6.07) is 0. The molecule has 0 unspecified atom stereocenters. The van der Waals surface area contributed by atoms with Gasteiger partial charge in [0.1, 0.15) is 0 Å². The van der Waals surface area contributed by atoms with Gasteiger partial charge in [-0.1, -0.05) is 33.1 Å². The van der Waals surface area contributed by atoms with E-state index < -0.39 is 0 Å². The molecule has 0 bridgehead atoms. The van der Waals surface area contributed by atoms with Crippen LogP contribution in [0.1, 0.15) is 58.8 Å². The summed E-state index contributed by atoms with van der Waals surface area (Å²) in [4.78, 5) is 0. The number of hydrogen-bond acceptors (Lipinski definition) is 2. The first-order valence-electron chi connectivity index (χ1n) is 6.48. The van der Waals surface area contributed by atoms with Gasteiger partial charge in [0.25, 0.3) is 0 Å². The van der Waals surface area contributed by atoms with Gasteiger partial charge in [-0.25, -0.2) is 0 Å². The second-order valence-corrected chi connectivity index (χ2v) is 6.94. The lowest BCUT2D eigenvalue weighted by atomic mass is 9.86. The largest absolute Gasteiger partial charge is 0.387 e. The van der Waals surface area contributed by atoms with E-state index in [4.69, 9.17) is 11.1 Å². The van der Waals surface area contributed by atoms with Gasteiger partial charge >= 0.3 is 0 Å². The molecule has 3 N–H and O–H groups in total.